The van der Waals surface area contributed by atoms with E-state index < -0.39 is 16.7 Å². The van der Waals surface area contributed by atoms with Crippen LogP contribution in [0.4, 0.5) is 0 Å². The highest BCUT2D eigenvalue weighted by Gasteiger charge is 2.60. The fourth-order valence-electron chi connectivity index (χ4n) is 6.38. The summed E-state index contributed by atoms with van der Waals surface area (Å²) in [5.41, 5.74) is 2.20. The van der Waals surface area contributed by atoms with Crippen LogP contribution in [-0.4, -0.2) is 73.7 Å². The van der Waals surface area contributed by atoms with Crippen LogP contribution in [0.2, 0.25) is 0 Å². The number of amides is 3. The topological polar surface area (TPSA) is 113 Å². The minimum atomic E-state index is -0.478. The van der Waals surface area contributed by atoms with Crippen molar-refractivity contribution in [2.45, 2.75) is 46.7 Å². The molecule has 0 radical (unpaired) electrons. The first kappa shape index (κ1) is 27.1. The first-order valence-corrected chi connectivity index (χ1v) is 14.4. The van der Waals surface area contributed by atoms with Gasteiger partial charge in [-0.05, 0) is 43.4 Å². The van der Waals surface area contributed by atoms with Gasteiger partial charge in [-0.1, -0.05) is 44.2 Å². The predicted octanol–water partition coefficient (Wildman–Crippen LogP) is 2.68. The fraction of sp³-hybridized carbons (Fsp3) is 0.484. The molecule has 3 aliphatic rings. The normalized spacial score (nSPS) is 19.7. The van der Waals surface area contributed by atoms with Gasteiger partial charge < -0.3 is 15.1 Å². The summed E-state index contributed by atoms with van der Waals surface area (Å²) in [6.45, 7) is 8.42. The van der Waals surface area contributed by atoms with E-state index in [1.165, 1.54) is 0 Å². The summed E-state index contributed by atoms with van der Waals surface area (Å²) in [6.07, 6.45) is 5.53. The molecule has 3 aromatic rings. The Balaban J connectivity index is 1.17. The number of carbonyl (C=O) groups is 3. The second kappa shape index (κ2) is 10.4. The molecule has 0 bridgehead atoms. The van der Waals surface area contributed by atoms with Gasteiger partial charge in [0.15, 0.2) is 0 Å². The number of nitrogens with one attached hydrogen (secondary N) is 1. The van der Waals surface area contributed by atoms with Crippen LogP contribution in [0.15, 0.2) is 54.9 Å². The van der Waals surface area contributed by atoms with Crippen molar-refractivity contribution in [2.24, 2.45) is 22.7 Å². The van der Waals surface area contributed by atoms with E-state index in [1.807, 2.05) is 68.1 Å². The van der Waals surface area contributed by atoms with Gasteiger partial charge in [0.1, 0.15) is 0 Å². The molecule has 214 valence electrons. The Labute approximate surface area is 240 Å². The van der Waals surface area contributed by atoms with Crippen LogP contribution < -0.4 is 5.32 Å². The molecule has 6 rings (SSSR count). The molecule has 1 saturated carbocycles. The molecule has 41 heavy (non-hydrogen) atoms. The number of benzene rings is 1. The quantitative estimate of drug-likeness (QED) is 0.457. The zero-order valence-electron chi connectivity index (χ0n) is 23.9. The number of carbonyl (C=O) groups excluding carboxylic acids is 3. The van der Waals surface area contributed by atoms with E-state index in [9.17, 15) is 14.4 Å². The predicted molar refractivity (Wildman–Crippen MR) is 151 cm³/mol. The Morgan fingerprint density at radius 2 is 1.73 bits per heavy atom. The van der Waals surface area contributed by atoms with Gasteiger partial charge in [-0.25, -0.2) is 0 Å². The monoisotopic (exact) mass is 555 g/mol. The smallest absolute Gasteiger partial charge is 0.257 e. The van der Waals surface area contributed by atoms with E-state index in [0.717, 1.165) is 24.1 Å². The highest BCUT2D eigenvalue weighted by Crippen LogP contribution is 2.50. The molecule has 1 spiro atoms. The van der Waals surface area contributed by atoms with E-state index in [2.05, 4.69) is 20.6 Å². The molecule has 1 atom stereocenters. The number of hydrogen-bond acceptors (Lipinski definition) is 6. The summed E-state index contributed by atoms with van der Waals surface area (Å²) in [7, 11) is 0. The standard InChI is InChI=1S/C31H37N7O3/c1-21-9-12-25(35-34-21)14-32-27(39)26-17-36(18-31(26)19-37(20-31)29(41)30(2,3)24-10-11-24)28(40)23-13-33-38(16-23)15-22-7-5-4-6-8-22/h4-9,12-13,16,24,26H,10-11,14-15,17-20H2,1-3H3,(H,32,39). The van der Waals surface area contributed by atoms with E-state index in [0.29, 0.717) is 49.9 Å². The Morgan fingerprint density at radius 1 is 1.00 bits per heavy atom. The summed E-state index contributed by atoms with van der Waals surface area (Å²) in [6, 6.07) is 13.7. The minimum Gasteiger partial charge on any atom is -0.350 e. The van der Waals surface area contributed by atoms with E-state index in [-0.39, 0.29) is 24.3 Å². The first-order valence-electron chi connectivity index (χ1n) is 14.4. The van der Waals surface area contributed by atoms with Crippen molar-refractivity contribution in [3.05, 3.63) is 77.4 Å². The molecule has 2 aliphatic heterocycles. The summed E-state index contributed by atoms with van der Waals surface area (Å²) < 4.78 is 1.75. The third kappa shape index (κ3) is 5.35. The van der Waals surface area contributed by atoms with Crippen molar-refractivity contribution in [1.29, 1.82) is 0 Å². The molecule has 10 nitrogen and oxygen atoms in total. The van der Waals surface area contributed by atoms with E-state index in [4.69, 9.17) is 0 Å². The van der Waals surface area contributed by atoms with Crippen molar-refractivity contribution in [3.63, 3.8) is 0 Å². The van der Waals surface area contributed by atoms with Crippen LogP contribution in [0.1, 0.15) is 54.0 Å². The largest absolute Gasteiger partial charge is 0.350 e. The average Bonchev–Trinajstić information content (AvgIpc) is 3.59. The van der Waals surface area contributed by atoms with E-state index in [1.54, 1.807) is 22.0 Å². The van der Waals surface area contributed by atoms with Crippen molar-refractivity contribution in [3.8, 4) is 0 Å². The van der Waals surface area contributed by atoms with Gasteiger partial charge in [-0.3, -0.25) is 19.1 Å². The Hall–Kier alpha value is -4.08. The molecule has 10 heteroatoms. The van der Waals surface area contributed by atoms with Gasteiger partial charge >= 0.3 is 0 Å². The van der Waals surface area contributed by atoms with Gasteiger partial charge in [0.2, 0.25) is 11.8 Å². The Morgan fingerprint density at radius 3 is 2.41 bits per heavy atom. The third-order valence-electron chi connectivity index (χ3n) is 9.06. The average molecular weight is 556 g/mol. The second-order valence-electron chi connectivity index (χ2n) is 12.6. The van der Waals surface area contributed by atoms with Crippen molar-refractivity contribution < 1.29 is 14.4 Å². The zero-order chi connectivity index (χ0) is 28.8. The van der Waals surface area contributed by atoms with E-state index >= 15 is 0 Å². The molecule has 1 aliphatic carbocycles. The molecule has 3 amide bonds. The molecular weight excluding hydrogens is 518 g/mol. The van der Waals surface area contributed by atoms with Crippen LogP contribution in [0, 0.1) is 29.6 Å². The summed E-state index contributed by atoms with van der Waals surface area (Å²) in [5, 5.41) is 15.7. The Bertz CT molecular complexity index is 1440. The second-order valence-corrected chi connectivity index (χ2v) is 12.6. The highest BCUT2D eigenvalue weighted by atomic mass is 16.2. The number of nitrogens with zero attached hydrogens (tertiary/aromatic N) is 6. The van der Waals surface area contributed by atoms with Gasteiger partial charge in [0, 0.05) is 43.2 Å². The van der Waals surface area contributed by atoms with Crippen molar-refractivity contribution in [2.75, 3.05) is 26.2 Å². The maximum atomic E-state index is 13.6. The molecular formula is C31H37N7O3. The van der Waals surface area contributed by atoms with Crippen LogP contribution in [-0.2, 0) is 22.7 Å². The minimum absolute atomic E-state index is 0.129. The Kier molecular flexibility index (Phi) is 6.87. The molecule has 3 fully saturated rings. The van der Waals surface area contributed by atoms with Crippen molar-refractivity contribution >= 4 is 17.7 Å². The van der Waals surface area contributed by atoms with Crippen LogP contribution in [0.3, 0.4) is 0 Å². The van der Waals surface area contributed by atoms with Crippen LogP contribution >= 0.6 is 0 Å². The fourth-order valence-corrected chi connectivity index (χ4v) is 6.38. The molecule has 4 heterocycles. The van der Waals surface area contributed by atoms with Crippen LogP contribution in [0.5, 0.6) is 0 Å². The zero-order valence-corrected chi connectivity index (χ0v) is 23.9. The number of rotatable bonds is 8. The first-order chi connectivity index (χ1) is 19.6. The summed E-state index contributed by atoms with van der Waals surface area (Å²) >= 11 is 0. The van der Waals surface area contributed by atoms with Gasteiger partial charge in [-0.2, -0.15) is 15.3 Å². The maximum Gasteiger partial charge on any atom is 0.257 e. The molecule has 1 N–H and O–H groups in total. The SMILES string of the molecule is Cc1ccc(CNC(=O)C2CN(C(=O)c3cnn(Cc4ccccc4)c3)CC23CN(C(=O)C(C)(C)C2CC2)C3)nn1. The number of hydrogen-bond donors (Lipinski definition) is 1. The van der Waals surface area contributed by atoms with Crippen LogP contribution in [0.25, 0.3) is 0 Å². The molecule has 1 aromatic carbocycles. The molecule has 1 unspecified atom stereocenters. The number of likely N-dealkylation sites (tertiary alicyclic amines) is 2. The maximum absolute atomic E-state index is 13.6. The number of aryl methyl sites for hydroxylation is 1. The lowest BCUT2D eigenvalue weighted by Crippen LogP contribution is -2.66. The van der Waals surface area contributed by atoms with Gasteiger partial charge in [0.05, 0.1) is 42.2 Å². The highest BCUT2D eigenvalue weighted by molar-refractivity contribution is 5.95. The van der Waals surface area contributed by atoms with Gasteiger partial charge in [-0.15, -0.1) is 0 Å². The lowest BCUT2D eigenvalue weighted by atomic mass is 9.69. The van der Waals surface area contributed by atoms with Crippen molar-refractivity contribution in [1.82, 2.24) is 35.1 Å². The number of aromatic nitrogens is 4. The lowest BCUT2D eigenvalue weighted by Gasteiger charge is -2.52. The lowest BCUT2D eigenvalue weighted by molar-refractivity contribution is -0.158. The third-order valence-corrected chi connectivity index (χ3v) is 9.06. The summed E-state index contributed by atoms with van der Waals surface area (Å²) in [4.78, 5) is 44.2. The summed E-state index contributed by atoms with van der Waals surface area (Å²) in [5.74, 6) is -0.137. The molecule has 2 saturated heterocycles. The van der Waals surface area contributed by atoms with Gasteiger partial charge in [0.25, 0.3) is 5.91 Å². The molecule has 2 aromatic heterocycles.